The molecule has 31 heavy (non-hydrogen) atoms. The Hall–Kier alpha value is -3.33. The molecule has 162 valence electrons. The summed E-state index contributed by atoms with van der Waals surface area (Å²) in [6.45, 7) is 7.87. The van der Waals surface area contributed by atoms with Crippen LogP contribution in [-0.4, -0.2) is 51.9 Å². The molecule has 5 rings (SSSR count). The molecule has 0 radical (unpaired) electrons. The lowest BCUT2D eigenvalue weighted by Gasteiger charge is -2.37. The molecule has 9 heteroatoms. The molecule has 1 saturated heterocycles. The largest absolute Gasteiger partial charge is 0.493 e. The summed E-state index contributed by atoms with van der Waals surface area (Å²) in [4.78, 5) is 6.68. The fourth-order valence-electron chi connectivity index (χ4n) is 4.45. The van der Waals surface area contributed by atoms with Crippen molar-refractivity contribution < 1.29 is 9.13 Å². The van der Waals surface area contributed by atoms with Crippen LogP contribution in [0.2, 0.25) is 0 Å². The predicted octanol–water partition coefficient (Wildman–Crippen LogP) is 3.60. The van der Waals surface area contributed by atoms with Crippen molar-refractivity contribution in [3.8, 4) is 5.75 Å². The number of fused-ring (bicyclic) bond motifs is 2. The van der Waals surface area contributed by atoms with E-state index in [2.05, 4.69) is 44.6 Å². The second kappa shape index (κ2) is 7.42. The van der Waals surface area contributed by atoms with Gasteiger partial charge in [-0.3, -0.25) is 5.10 Å². The summed E-state index contributed by atoms with van der Waals surface area (Å²) in [5.74, 6) is 0.746. The van der Waals surface area contributed by atoms with Crippen LogP contribution >= 0.6 is 0 Å². The van der Waals surface area contributed by atoms with Gasteiger partial charge in [-0.05, 0) is 32.9 Å². The third kappa shape index (κ3) is 3.54. The highest BCUT2D eigenvalue weighted by Gasteiger charge is 2.23. The van der Waals surface area contributed by atoms with Gasteiger partial charge in [0.2, 0.25) is 0 Å². The smallest absolute Gasteiger partial charge is 0.180 e. The summed E-state index contributed by atoms with van der Waals surface area (Å²) in [5.41, 5.74) is 3.85. The SMILES string of the molecule is COc1cc(Nc2n[nH]c3cc(N4C[C@H](C)N[C@@H](C)C4)cc(F)c23)cn2cc(C)nc12. The average Bonchev–Trinajstić information content (AvgIpc) is 3.29. The zero-order valence-electron chi connectivity index (χ0n) is 18.0. The normalized spacial score (nSPS) is 19.3. The lowest BCUT2D eigenvalue weighted by molar-refractivity contribution is 0.407. The van der Waals surface area contributed by atoms with Gasteiger partial charge in [-0.15, -0.1) is 0 Å². The first-order valence-electron chi connectivity index (χ1n) is 10.4. The van der Waals surface area contributed by atoms with Crippen LogP contribution in [0.5, 0.6) is 5.75 Å². The number of halogens is 1. The molecule has 4 heterocycles. The van der Waals surface area contributed by atoms with Crippen molar-refractivity contribution in [3.05, 3.63) is 42.1 Å². The molecule has 0 amide bonds. The lowest BCUT2D eigenvalue weighted by Crippen LogP contribution is -2.54. The topological polar surface area (TPSA) is 82.5 Å². The Morgan fingerprint density at radius 3 is 2.68 bits per heavy atom. The molecule has 2 atom stereocenters. The third-order valence-corrected chi connectivity index (χ3v) is 5.64. The number of hydrogen-bond acceptors (Lipinski definition) is 6. The molecule has 0 saturated carbocycles. The molecule has 1 aliphatic heterocycles. The van der Waals surface area contributed by atoms with E-state index in [-0.39, 0.29) is 5.82 Å². The molecule has 4 aromatic rings. The van der Waals surface area contributed by atoms with Crippen molar-refractivity contribution in [2.75, 3.05) is 30.4 Å². The lowest BCUT2D eigenvalue weighted by atomic mass is 10.1. The Morgan fingerprint density at radius 2 is 1.94 bits per heavy atom. The molecule has 1 aromatic carbocycles. The van der Waals surface area contributed by atoms with Crippen LogP contribution in [0.4, 0.5) is 21.6 Å². The van der Waals surface area contributed by atoms with Gasteiger partial charge in [0.05, 0.1) is 29.4 Å². The van der Waals surface area contributed by atoms with Crippen LogP contribution in [0.1, 0.15) is 19.5 Å². The number of piperazine rings is 1. The molecule has 0 aliphatic carbocycles. The molecular formula is C22H26FN7O. The minimum atomic E-state index is -0.311. The number of rotatable bonds is 4. The maximum absolute atomic E-state index is 15.2. The first-order valence-corrected chi connectivity index (χ1v) is 10.4. The minimum absolute atomic E-state index is 0.311. The summed E-state index contributed by atoms with van der Waals surface area (Å²) < 4.78 is 22.6. The van der Waals surface area contributed by atoms with Crippen LogP contribution in [0.25, 0.3) is 16.6 Å². The molecular weight excluding hydrogens is 397 g/mol. The highest BCUT2D eigenvalue weighted by molar-refractivity contribution is 5.94. The predicted molar refractivity (Wildman–Crippen MR) is 120 cm³/mol. The summed E-state index contributed by atoms with van der Waals surface area (Å²) in [7, 11) is 1.60. The van der Waals surface area contributed by atoms with E-state index in [0.29, 0.717) is 34.6 Å². The van der Waals surface area contributed by atoms with Crippen molar-refractivity contribution >= 4 is 33.7 Å². The monoisotopic (exact) mass is 423 g/mol. The van der Waals surface area contributed by atoms with E-state index in [1.165, 1.54) is 0 Å². The number of aromatic amines is 1. The quantitative estimate of drug-likeness (QED) is 0.465. The average molecular weight is 423 g/mol. The van der Waals surface area contributed by atoms with E-state index >= 15 is 4.39 Å². The number of nitrogens with zero attached hydrogens (tertiary/aromatic N) is 4. The van der Waals surface area contributed by atoms with Crippen molar-refractivity contribution in [1.29, 1.82) is 0 Å². The number of nitrogens with one attached hydrogen (secondary N) is 3. The summed E-state index contributed by atoms with van der Waals surface area (Å²) in [6.07, 6.45) is 3.79. The Balaban J connectivity index is 1.50. The summed E-state index contributed by atoms with van der Waals surface area (Å²) in [6, 6.07) is 6.08. The number of pyridine rings is 1. The molecule has 8 nitrogen and oxygen atoms in total. The number of benzene rings is 1. The standard InChI is InChI=1S/C22H26FN7O/c1-12-8-29(9-13(2)24-12)16-6-17(23)20-18(7-16)27-28-21(20)26-15-5-19(31-4)22-25-14(3)10-30(22)11-15/h5-7,10-13,24H,8-9H2,1-4H3,(H2,26,27,28)/t12-,13-/m0/s1. The van der Waals surface area contributed by atoms with E-state index in [4.69, 9.17) is 4.74 Å². The van der Waals surface area contributed by atoms with Crippen molar-refractivity contribution in [3.63, 3.8) is 0 Å². The van der Waals surface area contributed by atoms with Crippen LogP contribution < -0.4 is 20.3 Å². The number of ether oxygens (including phenoxy) is 1. The Morgan fingerprint density at radius 1 is 1.16 bits per heavy atom. The fourth-order valence-corrected chi connectivity index (χ4v) is 4.45. The van der Waals surface area contributed by atoms with E-state index in [1.54, 1.807) is 13.2 Å². The minimum Gasteiger partial charge on any atom is -0.493 e. The highest BCUT2D eigenvalue weighted by atomic mass is 19.1. The van der Waals surface area contributed by atoms with Gasteiger partial charge in [-0.25, -0.2) is 9.37 Å². The summed E-state index contributed by atoms with van der Waals surface area (Å²) in [5, 5.41) is 14.5. The highest BCUT2D eigenvalue weighted by Crippen LogP contribution is 2.32. The fraction of sp³-hybridized carbons (Fsp3) is 0.364. The van der Waals surface area contributed by atoms with E-state index in [1.807, 2.05) is 35.9 Å². The summed E-state index contributed by atoms with van der Waals surface area (Å²) >= 11 is 0. The Kier molecular flexibility index (Phi) is 4.70. The van der Waals surface area contributed by atoms with Gasteiger partial charge in [0.1, 0.15) is 5.82 Å². The van der Waals surface area contributed by atoms with Crippen LogP contribution in [-0.2, 0) is 0 Å². The van der Waals surface area contributed by atoms with Gasteiger partial charge in [-0.1, -0.05) is 0 Å². The molecule has 0 bridgehead atoms. The number of anilines is 3. The van der Waals surface area contributed by atoms with Gasteiger partial charge >= 0.3 is 0 Å². The van der Waals surface area contributed by atoms with Gasteiger partial charge in [-0.2, -0.15) is 5.10 Å². The number of hydrogen-bond donors (Lipinski definition) is 3. The molecule has 1 fully saturated rings. The van der Waals surface area contributed by atoms with E-state index < -0.39 is 0 Å². The molecule has 1 aliphatic rings. The number of imidazole rings is 1. The number of aryl methyl sites for hydroxylation is 1. The van der Waals surface area contributed by atoms with Crippen molar-refractivity contribution in [2.24, 2.45) is 0 Å². The van der Waals surface area contributed by atoms with Gasteiger partial charge in [0.25, 0.3) is 0 Å². The number of methoxy groups -OCH3 is 1. The van der Waals surface area contributed by atoms with E-state index in [9.17, 15) is 0 Å². The molecule has 3 aromatic heterocycles. The molecule has 0 unspecified atom stereocenters. The Bertz CT molecular complexity index is 1250. The van der Waals surface area contributed by atoms with Crippen LogP contribution in [0.15, 0.2) is 30.6 Å². The Labute approximate surface area is 179 Å². The van der Waals surface area contributed by atoms with Crippen molar-refractivity contribution in [2.45, 2.75) is 32.9 Å². The molecule has 3 N–H and O–H groups in total. The first-order chi connectivity index (χ1) is 14.9. The molecule has 0 spiro atoms. The van der Waals surface area contributed by atoms with Gasteiger partial charge < -0.3 is 24.7 Å². The van der Waals surface area contributed by atoms with Gasteiger partial charge in [0.15, 0.2) is 17.2 Å². The maximum Gasteiger partial charge on any atom is 0.180 e. The van der Waals surface area contributed by atoms with E-state index in [0.717, 1.165) is 35.8 Å². The van der Waals surface area contributed by atoms with Crippen LogP contribution in [0, 0.1) is 12.7 Å². The second-order valence-electron chi connectivity index (χ2n) is 8.33. The van der Waals surface area contributed by atoms with Crippen molar-refractivity contribution in [1.82, 2.24) is 24.9 Å². The number of aromatic nitrogens is 4. The number of H-pyrrole nitrogens is 1. The maximum atomic E-state index is 15.2. The second-order valence-corrected chi connectivity index (χ2v) is 8.33. The third-order valence-electron chi connectivity index (χ3n) is 5.64. The van der Waals surface area contributed by atoms with Crippen LogP contribution in [0.3, 0.4) is 0 Å². The zero-order chi connectivity index (χ0) is 21.7. The zero-order valence-corrected chi connectivity index (χ0v) is 18.0. The first kappa shape index (κ1) is 19.6. The van der Waals surface area contributed by atoms with Gasteiger partial charge in [0, 0.05) is 49.3 Å².